The predicted molar refractivity (Wildman–Crippen MR) is 76.3 cm³/mol. The van der Waals surface area contributed by atoms with E-state index in [4.69, 9.17) is 5.11 Å². The van der Waals surface area contributed by atoms with Gasteiger partial charge in [-0.15, -0.1) is 0 Å². The second-order valence-electron chi connectivity index (χ2n) is 5.72. The number of carboxylic acids is 1. The highest BCUT2D eigenvalue weighted by atomic mass is 16.4. The lowest BCUT2D eigenvalue weighted by Crippen LogP contribution is -2.43. The average Bonchev–Trinajstić information content (AvgIpc) is 2.24. The molecular formula is C16H21NO3. The molecule has 4 heteroatoms. The largest absolute Gasteiger partial charge is 0.481 e. The molecule has 1 fully saturated rings. The number of amides is 1. The molecule has 1 saturated carbocycles. The molecule has 0 saturated heterocycles. The molecule has 0 bridgehead atoms. The van der Waals surface area contributed by atoms with Crippen molar-refractivity contribution < 1.29 is 14.7 Å². The summed E-state index contributed by atoms with van der Waals surface area (Å²) in [5.74, 6) is -1.86. The first-order chi connectivity index (χ1) is 9.40. The number of rotatable bonds is 4. The molecule has 20 heavy (non-hydrogen) atoms. The summed E-state index contributed by atoms with van der Waals surface area (Å²) in [7, 11) is 0. The lowest BCUT2D eigenvalue weighted by atomic mass is 9.73. The van der Waals surface area contributed by atoms with Gasteiger partial charge in [0.05, 0.1) is 11.8 Å². The normalized spacial score (nSPS) is 21.1. The molecule has 1 amide bonds. The van der Waals surface area contributed by atoms with Gasteiger partial charge in [0.2, 0.25) is 5.91 Å². The zero-order chi connectivity index (χ0) is 14.9. The Labute approximate surface area is 119 Å². The Morgan fingerprint density at radius 2 is 1.70 bits per heavy atom. The van der Waals surface area contributed by atoms with E-state index in [1.165, 1.54) is 5.56 Å². The predicted octanol–water partition coefficient (Wildman–Crippen LogP) is 2.34. The van der Waals surface area contributed by atoms with Crippen LogP contribution in [0.5, 0.6) is 0 Å². The summed E-state index contributed by atoms with van der Waals surface area (Å²) in [6.45, 7) is 6.59. The molecule has 2 rings (SSSR count). The van der Waals surface area contributed by atoms with Crippen molar-refractivity contribution in [1.29, 1.82) is 0 Å². The van der Waals surface area contributed by atoms with Crippen molar-refractivity contribution >= 4 is 11.9 Å². The van der Waals surface area contributed by atoms with E-state index in [1.807, 2.05) is 20.8 Å². The van der Waals surface area contributed by atoms with Crippen LogP contribution in [0.3, 0.4) is 0 Å². The van der Waals surface area contributed by atoms with Gasteiger partial charge in [-0.2, -0.15) is 0 Å². The van der Waals surface area contributed by atoms with Crippen LogP contribution in [0, 0.1) is 32.6 Å². The zero-order valence-electron chi connectivity index (χ0n) is 12.2. The van der Waals surface area contributed by atoms with Crippen LogP contribution < -0.4 is 5.32 Å². The van der Waals surface area contributed by atoms with E-state index in [-0.39, 0.29) is 11.8 Å². The summed E-state index contributed by atoms with van der Waals surface area (Å²) in [5.41, 5.74) is 4.65. The van der Waals surface area contributed by atoms with Crippen molar-refractivity contribution in [2.75, 3.05) is 0 Å². The van der Waals surface area contributed by atoms with Gasteiger partial charge in [-0.3, -0.25) is 9.59 Å². The van der Waals surface area contributed by atoms with Gasteiger partial charge in [-0.05, 0) is 50.3 Å². The second kappa shape index (κ2) is 5.65. The molecule has 1 aliphatic carbocycles. The molecule has 0 heterocycles. The average molecular weight is 275 g/mol. The summed E-state index contributed by atoms with van der Waals surface area (Å²) in [6, 6.07) is 4.19. The SMILES string of the molecule is Cc1cc(C)c(CNC(=O)C2CCC2C(=O)O)c(C)c1. The highest BCUT2D eigenvalue weighted by Crippen LogP contribution is 2.34. The van der Waals surface area contributed by atoms with Gasteiger partial charge in [0.25, 0.3) is 0 Å². The van der Waals surface area contributed by atoms with Crippen molar-refractivity contribution in [2.45, 2.75) is 40.2 Å². The van der Waals surface area contributed by atoms with Gasteiger partial charge < -0.3 is 10.4 Å². The molecular weight excluding hydrogens is 254 g/mol. The number of carbonyl (C=O) groups is 2. The Balaban J connectivity index is 1.99. The van der Waals surface area contributed by atoms with Crippen LogP contribution in [-0.2, 0) is 16.1 Å². The molecule has 2 unspecified atom stereocenters. The Hall–Kier alpha value is -1.84. The summed E-state index contributed by atoms with van der Waals surface area (Å²) >= 11 is 0. The van der Waals surface area contributed by atoms with Crippen LogP contribution in [0.15, 0.2) is 12.1 Å². The van der Waals surface area contributed by atoms with E-state index in [9.17, 15) is 9.59 Å². The van der Waals surface area contributed by atoms with Gasteiger partial charge in [0.15, 0.2) is 0 Å². The maximum absolute atomic E-state index is 12.0. The lowest BCUT2D eigenvalue weighted by Gasteiger charge is -2.32. The monoisotopic (exact) mass is 275 g/mol. The first-order valence-electron chi connectivity index (χ1n) is 6.97. The van der Waals surface area contributed by atoms with Crippen LogP contribution in [0.25, 0.3) is 0 Å². The van der Waals surface area contributed by atoms with E-state index in [2.05, 4.69) is 17.4 Å². The third-order valence-corrected chi connectivity index (χ3v) is 4.21. The van der Waals surface area contributed by atoms with E-state index in [0.29, 0.717) is 19.4 Å². The Morgan fingerprint density at radius 1 is 1.15 bits per heavy atom. The molecule has 0 spiro atoms. The van der Waals surface area contributed by atoms with Gasteiger partial charge in [-0.1, -0.05) is 17.7 Å². The highest BCUT2D eigenvalue weighted by Gasteiger charge is 2.41. The molecule has 2 N–H and O–H groups in total. The first-order valence-corrected chi connectivity index (χ1v) is 6.97. The van der Waals surface area contributed by atoms with E-state index in [0.717, 1.165) is 16.7 Å². The summed E-state index contributed by atoms with van der Waals surface area (Å²) in [5, 5.41) is 11.9. The number of carbonyl (C=O) groups excluding carboxylic acids is 1. The topological polar surface area (TPSA) is 66.4 Å². The number of hydrogen-bond donors (Lipinski definition) is 2. The third kappa shape index (κ3) is 2.84. The third-order valence-electron chi connectivity index (χ3n) is 4.21. The minimum atomic E-state index is -0.862. The fourth-order valence-corrected chi connectivity index (χ4v) is 2.90. The summed E-state index contributed by atoms with van der Waals surface area (Å²) < 4.78 is 0. The number of aryl methyl sites for hydroxylation is 3. The standard InChI is InChI=1S/C16H21NO3/c1-9-6-10(2)14(11(3)7-9)8-17-15(18)12-4-5-13(12)16(19)20/h6-7,12-13H,4-5,8H2,1-3H3,(H,17,18)(H,19,20). The van der Waals surface area contributed by atoms with Crippen LogP contribution >= 0.6 is 0 Å². The minimum absolute atomic E-state index is 0.136. The Morgan fingerprint density at radius 3 is 2.15 bits per heavy atom. The smallest absolute Gasteiger partial charge is 0.307 e. The quantitative estimate of drug-likeness (QED) is 0.886. The molecule has 4 nitrogen and oxygen atoms in total. The molecule has 0 aliphatic heterocycles. The van der Waals surface area contributed by atoms with Crippen molar-refractivity contribution in [3.8, 4) is 0 Å². The molecule has 108 valence electrons. The number of aliphatic carboxylic acids is 1. The fourth-order valence-electron chi connectivity index (χ4n) is 2.90. The Bertz CT molecular complexity index is 528. The van der Waals surface area contributed by atoms with Crippen molar-refractivity contribution in [2.24, 2.45) is 11.8 Å². The molecule has 0 radical (unpaired) electrons. The minimum Gasteiger partial charge on any atom is -0.481 e. The molecule has 1 aromatic carbocycles. The maximum Gasteiger partial charge on any atom is 0.307 e. The van der Waals surface area contributed by atoms with Crippen LogP contribution in [-0.4, -0.2) is 17.0 Å². The van der Waals surface area contributed by atoms with Gasteiger partial charge in [0, 0.05) is 6.54 Å². The van der Waals surface area contributed by atoms with E-state index < -0.39 is 11.9 Å². The molecule has 2 atom stereocenters. The number of hydrogen-bond acceptors (Lipinski definition) is 2. The number of carboxylic acid groups (broad SMARTS) is 1. The summed E-state index contributed by atoms with van der Waals surface area (Å²) in [4.78, 5) is 23.0. The van der Waals surface area contributed by atoms with Crippen LogP contribution in [0.1, 0.15) is 35.1 Å². The Kier molecular flexibility index (Phi) is 4.12. The second-order valence-corrected chi connectivity index (χ2v) is 5.72. The molecule has 1 aliphatic rings. The molecule has 1 aromatic rings. The van der Waals surface area contributed by atoms with E-state index in [1.54, 1.807) is 0 Å². The number of nitrogens with one attached hydrogen (secondary N) is 1. The van der Waals surface area contributed by atoms with Gasteiger partial charge in [0.1, 0.15) is 0 Å². The van der Waals surface area contributed by atoms with Crippen molar-refractivity contribution in [3.05, 3.63) is 34.4 Å². The van der Waals surface area contributed by atoms with Crippen LogP contribution in [0.2, 0.25) is 0 Å². The first kappa shape index (κ1) is 14.6. The zero-order valence-corrected chi connectivity index (χ0v) is 12.2. The highest BCUT2D eigenvalue weighted by molar-refractivity contribution is 5.86. The maximum atomic E-state index is 12.0. The van der Waals surface area contributed by atoms with Crippen LogP contribution in [0.4, 0.5) is 0 Å². The lowest BCUT2D eigenvalue weighted by molar-refractivity contribution is -0.152. The van der Waals surface area contributed by atoms with Crippen molar-refractivity contribution in [1.82, 2.24) is 5.32 Å². The van der Waals surface area contributed by atoms with E-state index >= 15 is 0 Å². The summed E-state index contributed by atoms with van der Waals surface area (Å²) in [6.07, 6.45) is 1.28. The number of benzene rings is 1. The van der Waals surface area contributed by atoms with Gasteiger partial charge in [-0.25, -0.2) is 0 Å². The fraction of sp³-hybridized carbons (Fsp3) is 0.500. The molecule has 0 aromatic heterocycles. The van der Waals surface area contributed by atoms with Crippen molar-refractivity contribution in [3.63, 3.8) is 0 Å². The van der Waals surface area contributed by atoms with Gasteiger partial charge >= 0.3 is 5.97 Å².